The van der Waals surface area contributed by atoms with Crippen LogP contribution in [0.15, 0.2) is 48.5 Å². The molecule has 12 heteroatoms. The van der Waals surface area contributed by atoms with Crippen LogP contribution in [0.3, 0.4) is 0 Å². The largest absolute Gasteiger partial charge is 0.416 e. The fraction of sp³-hybridized carbons (Fsp3) is 0.387. The molecular formula is C31H37F3N8O. The highest BCUT2D eigenvalue weighted by atomic mass is 19.4. The van der Waals surface area contributed by atoms with Crippen LogP contribution in [0.1, 0.15) is 37.6 Å². The summed E-state index contributed by atoms with van der Waals surface area (Å²) < 4.78 is 43.5. The van der Waals surface area contributed by atoms with Gasteiger partial charge in [-0.05, 0) is 54.1 Å². The van der Waals surface area contributed by atoms with Gasteiger partial charge in [0.05, 0.1) is 10.9 Å². The molecule has 2 aromatic carbocycles. The number of nitrogen functional groups attached to an aromatic ring is 1. The quantitative estimate of drug-likeness (QED) is 0.265. The lowest BCUT2D eigenvalue weighted by Gasteiger charge is -2.33. The van der Waals surface area contributed by atoms with Crippen LogP contribution in [-0.2, 0) is 25.2 Å². The van der Waals surface area contributed by atoms with E-state index in [1.165, 1.54) is 12.1 Å². The Bertz CT molecular complexity index is 1630. The normalized spacial score (nSPS) is 15.2. The van der Waals surface area contributed by atoms with Crippen LogP contribution in [0.5, 0.6) is 0 Å². The Hall–Kier alpha value is -4.16. The van der Waals surface area contributed by atoms with E-state index in [2.05, 4.69) is 41.4 Å². The molecule has 0 atom stereocenters. The maximum Gasteiger partial charge on any atom is 0.416 e. The number of nitrogens with zero attached hydrogens (tertiary/aromatic N) is 5. The van der Waals surface area contributed by atoms with Gasteiger partial charge < -0.3 is 21.3 Å². The Balaban J connectivity index is 1.32. The third-order valence-electron chi connectivity index (χ3n) is 7.71. The summed E-state index contributed by atoms with van der Waals surface area (Å²) in [5.41, 5.74) is 9.27. The molecule has 3 heterocycles. The van der Waals surface area contributed by atoms with E-state index in [0.717, 1.165) is 41.4 Å². The van der Waals surface area contributed by atoms with E-state index in [1.54, 1.807) is 23.9 Å². The fourth-order valence-corrected chi connectivity index (χ4v) is 5.22. The number of urea groups is 1. The molecule has 0 spiro atoms. The summed E-state index contributed by atoms with van der Waals surface area (Å²) in [6, 6.07) is 12.4. The van der Waals surface area contributed by atoms with E-state index in [0.29, 0.717) is 30.2 Å². The highest BCUT2D eigenvalue weighted by molar-refractivity contribution is 6.02. The molecule has 1 aliphatic rings. The zero-order valence-corrected chi connectivity index (χ0v) is 25.0. The standard InChI is InChI=1S/C31H37F3N8O/c1-30(2,3)25-17-23(26-27(35)39-41(5)28(26)38-25)19-6-9-21(10-7-19)36-29(43)37-22-11-8-20(24(16-22)31(32,33)34)18-42-14-12-40(4)13-15-42/h6-11,16-17H,12-15,18H2,1-5H3,(H2,35,39)(H2,36,37,43). The number of halogens is 3. The minimum Gasteiger partial charge on any atom is -0.382 e. The molecule has 228 valence electrons. The van der Waals surface area contributed by atoms with Gasteiger partial charge in [-0.15, -0.1) is 0 Å². The molecule has 1 aliphatic heterocycles. The van der Waals surface area contributed by atoms with Crippen molar-refractivity contribution in [2.45, 2.75) is 38.9 Å². The van der Waals surface area contributed by atoms with Crippen molar-refractivity contribution >= 4 is 34.3 Å². The van der Waals surface area contributed by atoms with Crippen molar-refractivity contribution in [1.29, 1.82) is 0 Å². The number of nitrogens with one attached hydrogen (secondary N) is 2. The molecule has 0 radical (unpaired) electrons. The molecule has 1 saturated heterocycles. The predicted octanol–water partition coefficient (Wildman–Crippen LogP) is 5.93. The van der Waals surface area contributed by atoms with Gasteiger partial charge in [0.1, 0.15) is 0 Å². The van der Waals surface area contributed by atoms with Crippen molar-refractivity contribution in [1.82, 2.24) is 24.6 Å². The van der Waals surface area contributed by atoms with Crippen molar-refractivity contribution in [2.24, 2.45) is 7.05 Å². The fourth-order valence-electron chi connectivity index (χ4n) is 5.22. The molecule has 43 heavy (non-hydrogen) atoms. The van der Waals surface area contributed by atoms with Gasteiger partial charge in [-0.1, -0.05) is 39.0 Å². The first kappa shape index (κ1) is 30.3. The number of amides is 2. The van der Waals surface area contributed by atoms with E-state index in [4.69, 9.17) is 10.7 Å². The Labute approximate surface area is 248 Å². The van der Waals surface area contributed by atoms with Gasteiger partial charge >= 0.3 is 12.2 Å². The van der Waals surface area contributed by atoms with Crippen LogP contribution in [0.25, 0.3) is 22.2 Å². The molecule has 0 aliphatic carbocycles. The summed E-state index contributed by atoms with van der Waals surface area (Å²) in [6.07, 6.45) is -4.55. The van der Waals surface area contributed by atoms with Crippen molar-refractivity contribution in [3.05, 3.63) is 65.4 Å². The number of piperazine rings is 1. The number of likely N-dealkylation sites (N-methyl/N-ethyl adjacent to an activating group) is 1. The highest BCUT2D eigenvalue weighted by Crippen LogP contribution is 2.36. The number of benzene rings is 2. The van der Waals surface area contributed by atoms with Gasteiger partial charge in [0.2, 0.25) is 0 Å². The number of alkyl halides is 3. The van der Waals surface area contributed by atoms with Crippen LogP contribution < -0.4 is 16.4 Å². The minimum atomic E-state index is -4.55. The van der Waals surface area contributed by atoms with E-state index >= 15 is 0 Å². The van der Waals surface area contributed by atoms with Crippen LogP contribution >= 0.6 is 0 Å². The van der Waals surface area contributed by atoms with Crippen LogP contribution in [0, 0.1) is 0 Å². The molecule has 0 saturated carbocycles. The van der Waals surface area contributed by atoms with E-state index < -0.39 is 17.8 Å². The van der Waals surface area contributed by atoms with Crippen molar-refractivity contribution in [2.75, 3.05) is 49.6 Å². The molecule has 1 fully saturated rings. The number of aromatic nitrogens is 3. The third kappa shape index (κ3) is 6.75. The first-order valence-corrected chi connectivity index (χ1v) is 14.1. The zero-order chi connectivity index (χ0) is 31.1. The van der Waals surface area contributed by atoms with Gasteiger partial charge in [0, 0.05) is 62.3 Å². The number of carbonyl (C=O) groups is 1. The Kier molecular flexibility index (Phi) is 8.10. The average molecular weight is 595 g/mol. The van der Waals surface area contributed by atoms with E-state index in [-0.39, 0.29) is 23.2 Å². The second-order valence-electron chi connectivity index (χ2n) is 12.1. The molecular weight excluding hydrogens is 557 g/mol. The molecule has 2 aromatic heterocycles. The Morgan fingerprint density at radius 2 is 1.56 bits per heavy atom. The summed E-state index contributed by atoms with van der Waals surface area (Å²) in [5, 5.41) is 10.3. The molecule has 0 unspecified atom stereocenters. The summed E-state index contributed by atoms with van der Waals surface area (Å²) in [6.45, 7) is 9.46. The van der Waals surface area contributed by atoms with Gasteiger partial charge in [-0.25, -0.2) is 14.5 Å². The van der Waals surface area contributed by atoms with Gasteiger partial charge in [-0.3, -0.25) is 4.90 Å². The molecule has 9 nitrogen and oxygen atoms in total. The van der Waals surface area contributed by atoms with E-state index in [1.807, 2.05) is 30.1 Å². The number of anilines is 3. The maximum absolute atomic E-state index is 13.9. The number of pyridine rings is 1. The van der Waals surface area contributed by atoms with Crippen LogP contribution in [0.2, 0.25) is 0 Å². The summed E-state index contributed by atoms with van der Waals surface area (Å²) >= 11 is 0. The number of hydrogen-bond acceptors (Lipinski definition) is 6. The SMILES string of the molecule is CN1CCN(Cc2ccc(NC(=O)Nc3ccc(-c4cc(C(C)(C)C)nc5c4c(N)nn5C)cc3)cc2C(F)(F)F)CC1. The number of hydrogen-bond donors (Lipinski definition) is 3. The zero-order valence-electron chi connectivity index (χ0n) is 25.0. The third-order valence-corrected chi connectivity index (χ3v) is 7.71. The number of aryl methyl sites for hydroxylation is 1. The molecule has 4 aromatic rings. The smallest absolute Gasteiger partial charge is 0.382 e. The van der Waals surface area contributed by atoms with Crippen LogP contribution in [-0.4, -0.2) is 63.8 Å². The number of carbonyl (C=O) groups excluding carboxylic acids is 1. The molecule has 5 rings (SSSR count). The van der Waals surface area contributed by atoms with Crippen LogP contribution in [0.4, 0.5) is 35.2 Å². The Morgan fingerprint density at radius 1 is 0.930 bits per heavy atom. The number of rotatable bonds is 5. The highest BCUT2D eigenvalue weighted by Gasteiger charge is 2.34. The first-order chi connectivity index (χ1) is 20.2. The first-order valence-electron chi connectivity index (χ1n) is 14.1. The molecule has 0 bridgehead atoms. The van der Waals surface area contributed by atoms with Gasteiger partial charge in [0.25, 0.3) is 0 Å². The second-order valence-corrected chi connectivity index (χ2v) is 12.1. The summed E-state index contributed by atoms with van der Waals surface area (Å²) in [5.74, 6) is 0.370. The lowest BCUT2D eigenvalue weighted by molar-refractivity contribution is -0.138. The maximum atomic E-state index is 13.9. The second kappa shape index (κ2) is 11.5. The van der Waals surface area contributed by atoms with Gasteiger partial charge in [-0.2, -0.15) is 18.3 Å². The average Bonchev–Trinajstić information content (AvgIpc) is 3.22. The Morgan fingerprint density at radius 3 is 2.19 bits per heavy atom. The van der Waals surface area contributed by atoms with Crippen molar-refractivity contribution < 1.29 is 18.0 Å². The van der Waals surface area contributed by atoms with Crippen molar-refractivity contribution in [3.8, 4) is 11.1 Å². The van der Waals surface area contributed by atoms with Crippen molar-refractivity contribution in [3.63, 3.8) is 0 Å². The predicted molar refractivity (Wildman–Crippen MR) is 164 cm³/mol. The van der Waals surface area contributed by atoms with E-state index in [9.17, 15) is 18.0 Å². The minimum absolute atomic E-state index is 0.0597. The number of nitrogens with two attached hydrogens (primary N) is 1. The lowest BCUT2D eigenvalue weighted by atomic mass is 9.89. The number of fused-ring (bicyclic) bond motifs is 1. The summed E-state index contributed by atoms with van der Waals surface area (Å²) in [4.78, 5) is 21.7. The molecule has 4 N–H and O–H groups in total. The molecule has 2 amide bonds. The lowest BCUT2D eigenvalue weighted by Crippen LogP contribution is -2.44. The van der Waals surface area contributed by atoms with Gasteiger partial charge in [0.15, 0.2) is 11.5 Å². The topological polar surface area (TPSA) is 104 Å². The monoisotopic (exact) mass is 594 g/mol. The summed E-state index contributed by atoms with van der Waals surface area (Å²) in [7, 11) is 3.80.